The van der Waals surface area contributed by atoms with Gasteiger partial charge in [-0.1, -0.05) is 0 Å². The number of hydrogen-bond acceptors (Lipinski definition) is 5. The predicted octanol–water partition coefficient (Wildman–Crippen LogP) is 3.31. The monoisotopic (exact) mass is 356 g/mol. The Balaban J connectivity index is 1.86. The molecule has 0 aliphatic carbocycles. The van der Waals surface area contributed by atoms with Crippen LogP contribution < -0.4 is 14.8 Å². The molecule has 1 aromatic heterocycles. The van der Waals surface area contributed by atoms with Crippen LogP contribution in [0.3, 0.4) is 0 Å². The van der Waals surface area contributed by atoms with Gasteiger partial charge in [0.2, 0.25) is 0 Å². The summed E-state index contributed by atoms with van der Waals surface area (Å²) in [6.07, 6.45) is 0. The molecular weight excluding hydrogens is 332 g/mol. The lowest BCUT2D eigenvalue weighted by molar-refractivity contribution is 0.0833. The fourth-order valence-electron chi connectivity index (χ4n) is 2.95. The van der Waals surface area contributed by atoms with Gasteiger partial charge in [-0.25, -0.2) is 4.79 Å². The molecule has 1 aliphatic rings. The zero-order valence-electron chi connectivity index (χ0n) is 15.8. The summed E-state index contributed by atoms with van der Waals surface area (Å²) in [6, 6.07) is 7.29. The van der Waals surface area contributed by atoms with Crippen LogP contribution in [0.1, 0.15) is 30.8 Å². The van der Waals surface area contributed by atoms with Crippen molar-refractivity contribution in [1.29, 1.82) is 0 Å². The van der Waals surface area contributed by atoms with Crippen LogP contribution >= 0.6 is 0 Å². The maximum atomic E-state index is 12.9. The average molecular weight is 356 g/mol. The van der Waals surface area contributed by atoms with Gasteiger partial charge in [-0.3, -0.25) is 0 Å². The van der Waals surface area contributed by atoms with Crippen molar-refractivity contribution in [2.75, 3.05) is 19.0 Å². The van der Waals surface area contributed by atoms with Gasteiger partial charge in [0.15, 0.2) is 0 Å². The van der Waals surface area contributed by atoms with Crippen molar-refractivity contribution >= 4 is 11.7 Å². The van der Waals surface area contributed by atoms with E-state index in [1.165, 1.54) is 0 Å². The van der Waals surface area contributed by atoms with Crippen LogP contribution in [0, 0.1) is 13.8 Å². The van der Waals surface area contributed by atoms with Crippen LogP contribution in [-0.2, 0) is 6.54 Å². The van der Waals surface area contributed by atoms with E-state index in [1.54, 1.807) is 12.0 Å². The summed E-state index contributed by atoms with van der Waals surface area (Å²) >= 11 is 0. The molecule has 0 unspecified atom stereocenters. The number of ether oxygens (including phenoxy) is 2. The molecule has 0 radical (unpaired) electrons. The molecule has 2 heterocycles. The van der Waals surface area contributed by atoms with Crippen LogP contribution in [0.4, 0.5) is 10.5 Å². The lowest BCUT2D eigenvalue weighted by Gasteiger charge is -2.29. The molecule has 0 spiro atoms. The number of nitrogens with one attached hydrogen (secondary N) is 1. The molecule has 0 saturated carbocycles. The number of anilines is 1. The van der Waals surface area contributed by atoms with E-state index in [0.717, 1.165) is 22.8 Å². The van der Waals surface area contributed by atoms with Crippen molar-refractivity contribution in [2.45, 2.75) is 39.8 Å². The second-order valence-electron chi connectivity index (χ2n) is 7.11. The standard InChI is InChI=1S/C19H24N4O3/c1-12-8-16(13(2)22-21-12)20-18(24)23-10-14-6-7-15(25-5)9-17(14)26-19(3,4)11-23/h6-9H,10-11H2,1-5H3,(H,20,21,24). The summed E-state index contributed by atoms with van der Waals surface area (Å²) in [5.41, 5.74) is 2.51. The van der Waals surface area contributed by atoms with Crippen molar-refractivity contribution in [3.8, 4) is 11.5 Å². The second-order valence-corrected chi connectivity index (χ2v) is 7.11. The molecule has 0 fully saturated rings. The Kier molecular flexibility index (Phi) is 4.71. The maximum absolute atomic E-state index is 12.9. The smallest absolute Gasteiger partial charge is 0.322 e. The van der Waals surface area contributed by atoms with Gasteiger partial charge in [0, 0.05) is 11.6 Å². The Labute approximate surface area is 153 Å². The summed E-state index contributed by atoms with van der Waals surface area (Å²) in [4.78, 5) is 14.6. The third-order valence-corrected chi connectivity index (χ3v) is 4.22. The number of amides is 2. The quantitative estimate of drug-likeness (QED) is 0.893. The van der Waals surface area contributed by atoms with E-state index < -0.39 is 5.60 Å². The minimum Gasteiger partial charge on any atom is -0.497 e. The molecule has 26 heavy (non-hydrogen) atoms. The lowest BCUT2D eigenvalue weighted by atomic mass is 10.1. The Bertz CT molecular complexity index is 836. The number of aromatic nitrogens is 2. The molecule has 2 aromatic rings. The number of aryl methyl sites for hydroxylation is 2. The average Bonchev–Trinajstić information content (AvgIpc) is 2.71. The summed E-state index contributed by atoms with van der Waals surface area (Å²) in [7, 11) is 1.62. The van der Waals surface area contributed by atoms with Gasteiger partial charge in [-0.15, -0.1) is 0 Å². The molecule has 7 nitrogen and oxygen atoms in total. The summed E-state index contributed by atoms with van der Waals surface area (Å²) in [6.45, 7) is 8.49. The number of carbonyl (C=O) groups is 1. The van der Waals surface area contributed by atoms with Crippen molar-refractivity contribution in [1.82, 2.24) is 15.1 Å². The van der Waals surface area contributed by atoms with E-state index in [4.69, 9.17) is 9.47 Å². The maximum Gasteiger partial charge on any atom is 0.322 e. The zero-order valence-corrected chi connectivity index (χ0v) is 15.8. The van der Waals surface area contributed by atoms with Crippen molar-refractivity contribution < 1.29 is 14.3 Å². The van der Waals surface area contributed by atoms with E-state index in [-0.39, 0.29) is 6.03 Å². The van der Waals surface area contributed by atoms with Crippen molar-refractivity contribution in [3.05, 3.63) is 41.2 Å². The molecular formula is C19H24N4O3. The van der Waals surface area contributed by atoms with Crippen LogP contribution in [0.25, 0.3) is 0 Å². The van der Waals surface area contributed by atoms with Gasteiger partial charge < -0.3 is 19.7 Å². The number of fused-ring (bicyclic) bond motifs is 1. The number of hydrogen-bond donors (Lipinski definition) is 1. The first kappa shape index (κ1) is 18.0. The second kappa shape index (κ2) is 6.82. The van der Waals surface area contributed by atoms with Crippen LogP contribution in [-0.4, -0.2) is 40.4 Å². The number of benzene rings is 1. The molecule has 2 amide bonds. The minimum absolute atomic E-state index is 0.194. The van der Waals surface area contributed by atoms with Gasteiger partial charge in [-0.2, -0.15) is 10.2 Å². The molecule has 138 valence electrons. The van der Waals surface area contributed by atoms with Crippen LogP contribution in [0.15, 0.2) is 24.3 Å². The Hall–Kier alpha value is -2.83. The normalized spacial score (nSPS) is 15.5. The SMILES string of the molecule is COc1ccc2c(c1)OC(C)(C)CN(C(=O)Nc1cc(C)nnc1C)C2. The Morgan fingerprint density at radius 1 is 1.27 bits per heavy atom. The topological polar surface area (TPSA) is 76.6 Å². The summed E-state index contributed by atoms with van der Waals surface area (Å²) < 4.78 is 11.4. The van der Waals surface area contributed by atoms with E-state index in [1.807, 2.05) is 52.0 Å². The molecule has 3 rings (SSSR count). The first-order chi connectivity index (χ1) is 12.3. The molecule has 1 aromatic carbocycles. The fourth-order valence-corrected chi connectivity index (χ4v) is 2.95. The molecule has 0 bridgehead atoms. The first-order valence-electron chi connectivity index (χ1n) is 8.50. The number of urea groups is 1. The van der Waals surface area contributed by atoms with Gasteiger partial charge in [0.1, 0.15) is 17.1 Å². The Morgan fingerprint density at radius 2 is 2.04 bits per heavy atom. The van der Waals surface area contributed by atoms with E-state index in [2.05, 4.69) is 15.5 Å². The van der Waals surface area contributed by atoms with Crippen LogP contribution in [0.5, 0.6) is 11.5 Å². The van der Waals surface area contributed by atoms with E-state index in [9.17, 15) is 4.79 Å². The van der Waals surface area contributed by atoms with E-state index >= 15 is 0 Å². The molecule has 7 heteroatoms. The van der Waals surface area contributed by atoms with Gasteiger partial charge in [0.05, 0.1) is 37.3 Å². The van der Waals surface area contributed by atoms with Crippen molar-refractivity contribution in [3.63, 3.8) is 0 Å². The number of methoxy groups -OCH3 is 1. The lowest BCUT2D eigenvalue weighted by Crippen LogP contribution is -2.44. The van der Waals surface area contributed by atoms with Gasteiger partial charge >= 0.3 is 6.03 Å². The first-order valence-corrected chi connectivity index (χ1v) is 8.50. The van der Waals surface area contributed by atoms with E-state index in [0.29, 0.717) is 24.5 Å². The molecule has 0 saturated heterocycles. The largest absolute Gasteiger partial charge is 0.497 e. The van der Waals surface area contributed by atoms with Gasteiger partial charge in [0.25, 0.3) is 0 Å². The summed E-state index contributed by atoms with van der Waals surface area (Å²) in [5, 5.41) is 11.0. The highest BCUT2D eigenvalue weighted by molar-refractivity contribution is 5.90. The number of carbonyl (C=O) groups excluding carboxylic acids is 1. The predicted molar refractivity (Wildman–Crippen MR) is 98.6 cm³/mol. The molecule has 1 aliphatic heterocycles. The van der Waals surface area contributed by atoms with Crippen LogP contribution in [0.2, 0.25) is 0 Å². The molecule has 1 N–H and O–H groups in total. The molecule has 0 atom stereocenters. The van der Waals surface area contributed by atoms with Crippen molar-refractivity contribution in [2.24, 2.45) is 0 Å². The third kappa shape index (κ3) is 3.87. The third-order valence-electron chi connectivity index (χ3n) is 4.22. The zero-order chi connectivity index (χ0) is 18.9. The number of rotatable bonds is 2. The number of nitrogens with zero attached hydrogens (tertiary/aromatic N) is 3. The fraction of sp³-hybridized carbons (Fsp3) is 0.421. The highest BCUT2D eigenvalue weighted by atomic mass is 16.5. The Morgan fingerprint density at radius 3 is 2.77 bits per heavy atom. The highest BCUT2D eigenvalue weighted by Crippen LogP contribution is 2.32. The van der Waals surface area contributed by atoms with Gasteiger partial charge in [-0.05, 0) is 45.9 Å². The minimum atomic E-state index is -0.531. The highest BCUT2D eigenvalue weighted by Gasteiger charge is 2.32. The summed E-state index contributed by atoms with van der Waals surface area (Å²) in [5.74, 6) is 1.47.